The Morgan fingerprint density at radius 1 is 1.18 bits per heavy atom. The van der Waals surface area contributed by atoms with Crippen LogP contribution < -0.4 is 0 Å². The highest BCUT2D eigenvalue weighted by Gasteiger charge is 2.26. The molecule has 2 aromatic carbocycles. The first kappa shape index (κ1) is 14.5. The number of carboxylic acids is 1. The third kappa shape index (κ3) is 2.33. The predicted molar refractivity (Wildman–Crippen MR) is 79.1 cm³/mol. The number of hydrogen-bond acceptors (Lipinski definition) is 1. The van der Waals surface area contributed by atoms with Gasteiger partial charge in [0.15, 0.2) is 6.04 Å². The molecule has 0 amide bonds. The highest BCUT2D eigenvalue weighted by molar-refractivity contribution is 6.31. The van der Waals surface area contributed by atoms with Gasteiger partial charge < -0.3 is 9.67 Å². The van der Waals surface area contributed by atoms with Crippen LogP contribution in [0.2, 0.25) is 5.02 Å². The van der Waals surface area contributed by atoms with E-state index in [1.807, 2.05) is 0 Å². The van der Waals surface area contributed by atoms with E-state index in [0.717, 1.165) is 12.1 Å². The molecule has 1 heterocycles. The second-order valence-corrected chi connectivity index (χ2v) is 5.21. The number of aromatic nitrogens is 1. The van der Waals surface area contributed by atoms with Crippen molar-refractivity contribution in [1.29, 1.82) is 0 Å². The minimum atomic E-state index is -1.25. The molecular weight excluding hydrogens is 312 g/mol. The van der Waals surface area contributed by atoms with Gasteiger partial charge in [0.2, 0.25) is 0 Å². The molecule has 1 aromatic heterocycles. The van der Waals surface area contributed by atoms with Crippen LogP contribution in [0.3, 0.4) is 0 Å². The summed E-state index contributed by atoms with van der Waals surface area (Å²) >= 11 is 5.97. The Morgan fingerprint density at radius 2 is 1.95 bits per heavy atom. The SMILES string of the molecule is O=C(O)C(c1ccc(F)cc1Cl)n1ccc2cccc(F)c21. The highest BCUT2D eigenvalue weighted by Crippen LogP contribution is 2.31. The third-order valence-corrected chi connectivity index (χ3v) is 3.79. The molecule has 3 nitrogen and oxygen atoms in total. The molecule has 1 unspecified atom stereocenters. The molecule has 0 saturated heterocycles. The standard InChI is InChI=1S/C16H10ClF2NO2/c17-12-8-10(18)4-5-11(12)15(16(21)22)20-7-6-9-2-1-3-13(19)14(9)20/h1-8,15H,(H,21,22). The minimum absolute atomic E-state index is 0.0226. The van der Waals surface area contributed by atoms with Crippen LogP contribution in [-0.4, -0.2) is 15.6 Å². The smallest absolute Gasteiger partial charge is 0.331 e. The first-order chi connectivity index (χ1) is 10.5. The summed E-state index contributed by atoms with van der Waals surface area (Å²) < 4.78 is 28.5. The maximum atomic E-state index is 14.1. The number of carboxylic acid groups (broad SMARTS) is 1. The second-order valence-electron chi connectivity index (χ2n) is 4.81. The molecule has 0 aliphatic carbocycles. The van der Waals surface area contributed by atoms with E-state index in [1.165, 1.54) is 22.9 Å². The van der Waals surface area contributed by atoms with Crippen molar-refractivity contribution in [3.63, 3.8) is 0 Å². The highest BCUT2D eigenvalue weighted by atomic mass is 35.5. The quantitative estimate of drug-likeness (QED) is 0.783. The van der Waals surface area contributed by atoms with E-state index >= 15 is 0 Å². The second kappa shape index (κ2) is 5.42. The molecule has 0 fully saturated rings. The first-order valence-electron chi connectivity index (χ1n) is 6.42. The van der Waals surface area contributed by atoms with Crippen molar-refractivity contribution in [2.45, 2.75) is 6.04 Å². The van der Waals surface area contributed by atoms with Crippen LogP contribution >= 0.6 is 11.6 Å². The van der Waals surface area contributed by atoms with Gasteiger partial charge in [-0.05, 0) is 24.3 Å². The molecule has 1 atom stereocenters. The molecule has 0 radical (unpaired) electrons. The van der Waals surface area contributed by atoms with Crippen LogP contribution in [0.15, 0.2) is 48.7 Å². The van der Waals surface area contributed by atoms with Crippen molar-refractivity contribution in [3.05, 3.63) is 70.9 Å². The van der Waals surface area contributed by atoms with Crippen molar-refractivity contribution in [2.24, 2.45) is 0 Å². The van der Waals surface area contributed by atoms with E-state index < -0.39 is 23.6 Å². The number of hydrogen-bond donors (Lipinski definition) is 1. The molecule has 0 spiro atoms. The van der Waals surface area contributed by atoms with Gasteiger partial charge in [0.05, 0.1) is 5.52 Å². The summed E-state index contributed by atoms with van der Waals surface area (Å²) in [7, 11) is 0. The molecule has 3 aromatic rings. The Bertz CT molecular complexity index is 876. The fourth-order valence-electron chi connectivity index (χ4n) is 2.51. The summed E-state index contributed by atoms with van der Waals surface area (Å²) in [4.78, 5) is 11.7. The van der Waals surface area contributed by atoms with Crippen molar-refractivity contribution in [2.75, 3.05) is 0 Å². The maximum Gasteiger partial charge on any atom is 0.331 e. The predicted octanol–water partition coefficient (Wildman–Crippen LogP) is 4.25. The van der Waals surface area contributed by atoms with E-state index in [-0.39, 0.29) is 16.1 Å². The zero-order chi connectivity index (χ0) is 15.9. The summed E-state index contributed by atoms with van der Waals surface area (Å²) in [5.74, 6) is -2.32. The van der Waals surface area contributed by atoms with Crippen molar-refractivity contribution in [3.8, 4) is 0 Å². The fourth-order valence-corrected chi connectivity index (χ4v) is 2.78. The Hall–Kier alpha value is -2.40. The summed E-state index contributed by atoms with van der Waals surface area (Å²) in [6, 6.07) is 8.30. The lowest BCUT2D eigenvalue weighted by Crippen LogP contribution is -2.20. The van der Waals surface area contributed by atoms with Crippen LogP contribution in [0.1, 0.15) is 11.6 Å². The number of para-hydroxylation sites is 1. The third-order valence-electron chi connectivity index (χ3n) is 3.46. The van der Waals surface area contributed by atoms with Gasteiger partial charge in [-0.3, -0.25) is 0 Å². The molecular formula is C16H10ClF2NO2. The fraction of sp³-hybridized carbons (Fsp3) is 0.0625. The van der Waals surface area contributed by atoms with E-state index in [1.54, 1.807) is 18.2 Å². The first-order valence-corrected chi connectivity index (χ1v) is 6.79. The van der Waals surface area contributed by atoms with Crippen LogP contribution in [0, 0.1) is 11.6 Å². The van der Waals surface area contributed by atoms with Gasteiger partial charge in [-0.2, -0.15) is 0 Å². The molecule has 0 saturated carbocycles. The lowest BCUT2D eigenvalue weighted by molar-refractivity contribution is -0.139. The number of benzene rings is 2. The Morgan fingerprint density at radius 3 is 2.64 bits per heavy atom. The van der Waals surface area contributed by atoms with Gasteiger partial charge in [0.1, 0.15) is 11.6 Å². The molecule has 0 aliphatic heterocycles. The van der Waals surface area contributed by atoms with Gasteiger partial charge in [-0.25, -0.2) is 13.6 Å². The minimum Gasteiger partial charge on any atom is -0.479 e. The number of fused-ring (bicyclic) bond motifs is 1. The van der Waals surface area contributed by atoms with Crippen molar-refractivity contribution >= 4 is 28.5 Å². The Balaban J connectivity index is 2.25. The van der Waals surface area contributed by atoms with E-state index in [2.05, 4.69) is 0 Å². The van der Waals surface area contributed by atoms with Crippen LogP contribution in [-0.2, 0) is 4.79 Å². The summed E-state index contributed by atoms with van der Waals surface area (Å²) in [6.45, 7) is 0. The number of halogens is 3. The molecule has 0 aliphatic rings. The molecule has 1 N–H and O–H groups in total. The van der Waals surface area contributed by atoms with Crippen molar-refractivity contribution < 1.29 is 18.7 Å². The zero-order valence-corrected chi connectivity index (χ0v) is 11.9. The number of nitrogens with zero attached hydrogens (tertiary/aromatic N) is 1. The molecule has 3 rings (SSSR count). The lowest BCUT2D eigenvalue weighted by atomic mass is 10.1. The van der Waals surface area contributed by atoms with Gasteiger partial charge in [-0.15, -0.1) is 0 Å². The van der Waals surface area contributed by atoms with Crippen LogP contribution in [0.5, 0.6) is 0 Å². The summed E-state index contributed by atoms with van der Waals surface area (Å²) in [5.41, 5.74) is 0.353. The molecule has 0 bridgehead atoms. The van der Waals surface area contributed by atoms with Crippen molar-refractivity contribution in [1.82, 2.24) is 4.57 Å². The van der Waals surface area contributed by atoms with Gasteiger partial charge in [-0.1, -0.05) is 29.8 Å². The Labute approximate surface area is 129 Å². The molecule has 6 heteroatoms. The monoisotopic (exact) mass is 321 g/mol. The summed E-state index contributed by atoms with van der Waals surface area (Å²) in [5, 5.41) is 10.1. The number of carbonyl (C=O) groups is 1. The summed E-state index contributed by atoms with van der Waals surface area (Å²) in [6.07, 6.45) is 1.48. The number of rotatable bonds is 3. The lowest BCUT2D eigenvalue weighted by Gasteiger charge is -2.18. The maximum absolute atomic E-state index is 14.1. The largest absolute Gasteiger partial charge is 0.479 e. The molecule has 22 heavy (non-hydrogen) atoms. The van der Waals surface area contributed by atoms with E-state index in [9.17, 15) is 18.7 Å². The van der Waals surface area contributed by atoms with Crippen LogP contribution in [0.25, 0.3) is 10.9 Å². The normalized spacial score (nSPS) is 12.5. The van der Waals surface area contributed by atoms with Gasteiger partial charge in [0, 0.05) is 22.2 Å². The number of aliphatic carboxylic acids is 1. The van der Waals surface area contributed by atoms with Gasteiger partial charge >= 0.3 is 5.97 Å². The van der Waals surface area contributed by atoms with E-state index in [0.29, 0.717) is 5.39 Å². The van der Waals surface area contributed by atoms with Crippen LogP contribution in [0.4, 0.5) is 8.78 Å². The average molecular weight is 322 g/mol. The van der Waals surface area contributed by atoms with Gasteiger partial charge in [0.25, 0.3) is 0 Å². The average Bonchev–Trinajstić information content (AvgIpc) is 2.86. The van der Waals surface area contributed by atoms with E-state index in [4.69, 9.17) is 11.6 Å². The Kier molecular flexibility index (Phi) is 3.58. The zero-order valence-electron chi connectivity index (χ0n) is 11.1. The topological polar surface area (TPSA) is 42.2 Å². The molecule has 112 valence electrons.